The summed E-state index contributed by atoms with van der Waals surface area (Å²) in [4.78, 5) is 1.40. The number of aliphatic hydroxyl groups is 1. The van der Waals surface area contributed by atoms with Gasteiger partial charge in [0.1, 0.15) is 0 Å². The molecule has 5 heteroatoms. The monoisotopic (exact) mass is 152 g/mol. The minimum atomic E-state index is -1.02. The number of nitrogens with zero attached hydrogens (tertiary/aromatic N) is 2. The van der Waals surface area contributed by atoms with Gasteiger partial charge in [0.25, 0.3) is 0 Å². The lowest BCUT2D eigenvalue weighted by Crippen LogP contribution is -2.32. The zero-order valence-corrected chi connectivity index (χ0v) is 6.00. The van der Waals surface area contributed by atoms with E-state index in [1.165, 1.54) is 4.90 Å². The molecule has 2 N–H and O–H groups in total. The third-order valence-electron chi connectivity index (χ3n) is 0.798. The minimum absolute atomic E-state index is 0.236. The van der Waals surface area contributed by atoms with E-state index in [9.17, 15) is 0 Å². The summed E-state index contributed by atoms with van der Waals surface area (Å²) in [5, 5.41) is 19.3. The molecule has 1 atom stereocenters. The van der Waals surface area contributed by atoms with E-state index < -0.39 is 6.23 Å². The van der Waals surface area contributed by atoms with Crippen molar-refractivity contribution in [3.8, 4) is 0 Å². The predicted octanol–water partition coefficient (Wildman–Crippen LogP) is -0.107. The molecule has 0 radical (unpaired) electrons. The van der Waals surface area contributed by atoms with Crippen molar-refractivity contribution < 1.29 is 10.3 Å². The van der Waals surface area contributed by atoms with Gasteiger partial charge in [-0.25, -0.2) is 0 Å². The van der Waals surface area contributed by atoms with Crippen molar-refractivity contribution in [3.63, 3.8) is 0 Å². The number of hydrogen-bond donors (Lipinski definition) is 2. The van der Waals surface area contributed by atoms with E-state index >= 15 is 0 Å². The highest BCUT2D eigenvalue weighted by Crippen LogP contribution is 1.95. The predicted molar refractivity (Wildman–Crippen MR) is 34.8 cm³/mol. The summed E-state index contributed by atoms with van der Waals surface area (Å²) >= 11 is 5.22. The molecule has 0 aliphatic rings. The van der Waals surface area contributed by atoms with Crippen LogP contribution >= 0.6 is 11.6 Å². The number of aliphatic hydroxyl groups excluding tert-OH is 1. The van der Waals surface area contributed by atoms with Crippen LogP contribution < -0.4 is 0 Å². The molecule has 0 spiro atoms. The molecule has 0 fully saturated rings. The first-order valence-corrected chi connectivity index (χ1v) is 2.69. The van der Waals surface area contributed by atoms with Gasteiger partial charge >= 0.3 is 0 Å². The maximum atomic E-state index is 8.90. The van der Waals surface area contributed by atoms with Crippen LogP contribution in [0.2, 0.25) is 0 Å². The smallest absolute Gasteiger partial charge is 0.188 e. The van der Waals surface area contributed by atoms with E-state index in [2.05, 4.69) is 5.16 Å². The van der Waals surface area contributed by atoms with Gasteiger partial charge < -0.3 is 10.3 Å². The van der Waals surface area contributed by atoms with Gasteiger partial charge in [0, 0.05) is 0 Å². The van der Waals surface area contributed by atoms with Gasteiger partial charge in [0.05, 0.1) is 0 Å². The standard InChI is InChI=1S/C4H9ClN2O2/c1-7(2)4(8)3(5)6-9/h4,8-9H,1-2H3/b6-3-. The summed E-state index contributed by atoms with van der Waals surface area (Å²) < 4.78 is 0. The van der Waals surface area contributed by atoms with Crippen LogP contribution in [0.3, 0.4) is 0 Å². The van der Waals surface area contributed by atoms with Gasteiger partial charge in [-0.1, -0.05) is 16.8 Å². The summed E-state index contributed by atoms with van der Waals surface area (Å²) in [6.45, 7) is 0. The molecule has 0 aliphatic heterocycles. The summed E-state index contributed by atoms with van der Waals surface area (Å²) in [6.07, 6.45) is -1.02. The van der Waals surface area contributed by atoms with Gasteiger partial charge in [0.2, 0.25) is 0 Å². The number of halogens is 1. The van der Waals surface area contributed by atoms with Gasteiger partial charge in [-0.2, -0.15) is 0 Å². The SMILES string of the molecule is CN(C)C(O)/C(Cl)=N/O. The molecule has 4 nitrogen and oxygen atoms in total. The Bertz CT molecular complexity index is 115. The van der Waals surface area contributed by atoms with Crippen molar-refractivity contribution in [2.45, 2.75) is 6.23 Å². The molecule has 0 aromatic carbocycles. The van der Waals surface area contributed by atoms with Gasteiger partial charge in [0.15, 0.2) is 11.4 Å². The van der Waals surface area contributed by atoms with Crippen LogP contribution in [0.1, 0.15) is 0 Å². The quantitative estimate of drug-likeness (QED) is 0.251. The molecule has 0 rings (SSSR count). The third kappa shape index (κ3) is 2.64. The number of hydrogen-bond acceptors (Lipinski definition) is 4. The van der Waals surface area contributed by atoms with Crippen LogP contribution in [0.25, 0.3) is 0 Å². The van der Waals surface area contributed by atoms with Gasteiger partial charge in [-0.05, 0) is 14.1 Å². The Hall–Kier alpha value is -0.320. The van der Waals surface area contributed by atoms with E-state index in [4.69, 9.17) is 21.9 Å². The van der Waals surface area contributed by atoms with E-state index in [1.807, 2.05) is 0 Å². The fourth-order valence-electron chi connectivity index (χ4n) is 0.265. The highest BCUT2D eigenvalue weighted by molar-refractivity contribution is 6.66. The molecule has 0 aromatic heterocycles. The van der Waals surface area contributed by atoms with Crippen LogP contribution in [0.15, 0.2) is 5.16 Å². The van der Waals surface area contributed by atoms with Crippen molar-refractivity contribution in [1.82, 2.24) is 4.90 Å². The Kier molecular flexibility index (Phi) is 3.53. The third-order valence-corrected chi connectivity index (χ3v) is 1.07. The highest BCUT2D eigenvalue weighted by atomic mass is 35.5. The van der Waals surface area contributed by atoms with Crippen molar-refractivity contribution in [3.05, 3.63) is 0 Å². The van der Waals surface area contributed by atoms with Crippen LogP contribution in [0.4, 0.5) is 0 Å². The summed E-state index contributed by atoms with van der Waals surface area (Å²) in [7, 11) is 3.22. The van der Waals surface area contributed by atoms with Crippen molar-refractivity contribution >= 4 is 16.8 Å². The fourth-order valence-corrected chi connectivity index (χ4v) is 0.460. The molecule has 0 amide bonds. The summed E-state index contributed by atoms with van der Waals surface area (Å²) in [6, 6.07) is 0. The van der Waals surface area contributed by atoms with Crippen LogP contribution in [0.5, 0.6) is 0 Å². The number of rotatable bonds is 2. The normalized spacial score (nSPS) is 16.3. The van der Waals surface area contributed by atoms with Crippen molar-refractivity contribution in [2.75, 3.05) is 14.1 Å². The lowest BCUT2D eigenvalue weighted by Gasteiger charge is -2.14. The van der Waals surface area contributed by atoms with E-state index in [-0.39, 0.29) is 5.17 Å². The Morgan fingerprint density at radius 1 is 1.67 bits per heavy atom. The van der Waals surface area contributed by atoms with Crippen molar-refractivity contribution in [2.24, 2.45) is 5.16 Å². The Morgan fingerprint density at radius 3 is 2.22 bits per heavy atom. The molecular formula is C4H9ClN2O2. The Balaban J connectivity index is 3.88. The van der Waals surface area contributed by atoms with E-state index in [1.54, 1.807) is 14.1 Å². The summed E-state index contributed by atoms with van der Waals surface area (Å²) in [5.41, 5.74) is 0. The van der Waals surface area contributed by atoms with Crippen LogP contribution in [-0.4, -0.2) is 40.7 Å². The second-order valence-electron chi connectivity index (χ2n) is 1.76. The molecule has 0 saturated carbocycles. The first-order valence-electron chi connectivity index (χ1n) is 2.31. The lowest BCUT2D eigenvalue weighted by molar-refractivity contribution is 0.1000. The topological polar surface area (TPSA) is 56.1 Å². The Morgan fingerprint density at radius 2 is 2.11 bits per heavy atom. The molecule has 1 unspecified atom stereocenters. The van der Waals surface area contributed by atoms with Crippen LogP contribution in [-0.2, 0) is 0 Å². The average Bonchev–Trinajstić information content (AvgIpc) is 1.84. The van der Waals surface area contributed by atoms with E-state index in [0.717, 1.165) is 0 Å². The van der Waals surface area contributed by atoms with Gasteiger partial charge in [-0.15, -0.1) is 0 Å². The fraction of sp³-hybridized carbons (Fsp3) is 0.750. The highest BCUT2D eigenvalue weighted by Gasteiger charge is 2.11. The van der Waals surface area contributed by atoms with Gasteiger partial charge in [-0.3, -0.25) is 4.90 Å². The number of oxime groups is 1. The second kappa shape index (κ2) is 3.66. The average molecular weight is 153 g/mol. The first-order chi connectivity index (χ1) is 4.09. The van der Waals surface area contributed by atoms with Crippen LogP contribution in [0, 0.1) is 0 Å². The molecular weight excluding hydrogens is 144 g/mol. The molecule has 0 saturated heterocycles. The molecule has 0 heterocycles. The molecule has 0 aromatic rings. The second-order valence-corrected chi connectivity index (χ2v) is 2.15. The minimum Gasteiger partial charge on any atom is -0.410 e. The molecule has 0 aliphatic carbocycles. The van der Waals surface area contributed by atoms with Crippen molar-refractivity contribution in [1.29, 1.82) is 0 Å². The zero-order chi connectivity index (χ0) is 7.44. The van der Waals surface area contributed by atoms with E-state index in [0.29, 0.717) is 0 Å². The first kappa shape index (κ1) is 8.68. The largest absolute Gasteiger partial charge is 0.410 e. The molecule has 0 bridgehead atoms. The maximum absolute atomic E-state index is 8.90. The summed E-state index contributed by atoms with van der Waals surface area (Å²) in [5.74, 6) is 0. The Labute approximate surface area is 58.3 Å². The lowest BCUT2D eigenvalue weighted by atomic mass is 10.6. The molecule has 54 valence electrons. The molecule has 9 heavy (non-hydrogen) atoms. The maximum Gasteiger partial charge on any atom is 0.188 e. The zero-order valence-electron chi connectivity index (χ0n) is 5.24.